The van der Waals surface area contributed by atoms with E-state index in [-0.39, 0.29) is 18.4 Å². The van der Waals surface area contributed by atoms with Gasteiger partial charge in [-0.25, -0.2) is 8.42 Å². The summed E-state index contributed by atoms with van der Waals surface area (Å²) in [5, 5.41) is 0. The number of nitrogens with zero attached hydrogens (tertiary/aromatic N) is 1. The minimum atomic E-state index is -2.85. The average Bonchev–Trinajstić information content (AvgIpc) is 2.87. The lowest BCUT2D eigenvalue weighted by Gasteiger charge is -2.26. The first kappa shape index (κ1) is 25.3. The third kappa shape index (κ3) is 6.60. The molecule has 0 heterocycles. The fraction of sp³-hybridized carbons (Fsp3) is 0.296. The van der Waals surface area contributed by atoms with Crippen molar-refractivity contribution in [1.82, 2.24) is 0 Å². The molecule has 0 radical (unpaired) electrons. The summed E-state index contributed by atoms with van der Waals surface area (Å²) in [6.07, 6.45) is 1.11. The first-order chi connectivity index (χ1) is 16.4. The van der Waals surface area contributed by atoms with Crippen LogP contribution in [0.4, 0.5) is 5.69 Å². The van der Waals surface area contributed by atoms with Crippen LogP contribution in [-0.4, -0.2) is 35.2 Å². The van der Waals surface area contributed by atoms with Crippen molar-refractivity contribution in [1.29, 1.82) is 0 Å². The van der Waals surface area contributed by atoms with Gasteiger partial charge in [0.25, 0.3) is 0 Å². The molecular weight excluding hydrogens is 450 g/mol. The van der Waals surface area contributed by atoms with Crippen molar-refractivity contribution in [3.8, 4) is 5.75 Å². The van der Waals surface area contributed by atoms with Crippen molar-refractivity contribution in [2.75, 3.05) is 25.1 Å². The lowest BCUT2D eigenvalue weighted by molar-refractivity contribution is -0.142. The van der Waals surface area contributed by atoms with Crippen LogP contribution in [0.1, 0.15) is 41.4 Å². The fourth-order valence-electron chi connectivity index (χ4n) is 4.05. The number of hydrogen-bond acceptors (Lipinski definition) is 5. The molecule has 0 N–H and O–H groups in total. The number of thiol groups is 1. The minimum Gasteiger partial charge on any atom is -0.497 e. The van der Waals surface area contributed by atoms with Gasteiger partial charge in [-0.05, 0) is 55.2 Å². The fourth-order valence-corrected chi connectivity index (χ4v) is 4.70. The number of methoxy groups -OCH3 is 2. The molecular formula is C27H31NO5S. The second-order valence-corrected chi connectivity index (χ2v) is 9.15. The smallest absolute Gasteiger partial charge is 0.313 e. The highest BCUT2D eigenvalue weighted by atomic mass is 32.2. The van der Waals surface area contributed by atoms with Gasteiger partial charge in [0.15, 0.2) is 0 Å². The maximum atomic E-state index is 12.6. The Kier molecular flexibility index (Phi) is 9.10. The van der Waals surface area contributed by atoms with Crippen LogP contribution in [-0.2, 0) is 20.4 Å². The molecule has 0 aromatic heterocycles. The van der Waals surface area contributed by atoms with E-state index in [1.165, 1.54) is 11.4 Å². The molecule has 3 rings (SSSR count). The van der Waals surface area contributed by atoms with Gasteiger partial charge in [0.05, 0.1) is 25.8 Å². The van der Waals surface area contributed by atoms with Crippen molar-refractivity contribution in [3.05, 3.63) is 95.6 Å². The number of benzene rings is 3. The van der Waals surface area contributed by atoms with Crippen LogP contribution in [0, 0.1) is 6.92 Å². The van der Waals surface area contributed by atoms with Gasteiger partial charge in [-0.2, -0.15) is 0 Å². The Hall–Kier alpha value is -3.32. The highest BCUT2D eigenvalue weighted by Gasteiger charge is 2.25. The van der Waals surface area contributed by atoms with E-state index in [1.54, 1.807) is 7.11 Å². The first-order valence-electron chi connectivity index (χ1n) is 11.2. The van der Waals surface area contributed by atoms with Crippen LogP contribution in [0.3, 0.4) is 0 Å². The molecule has 34 heavy (non-hydrogen) atoms. The van der Waals surface area contributed by atoms with Gasteiger partial charge in [0, 0.05) is 12.5 Å². The van der Waals surface area contributed by atoms with Crippen molar-refractivity contribution in [3.63, 3.8) is 0 Å². The summed E-state index contributed by atoms with van der Waals surface area (Å²) in [4.78, 5) is 12.6. The normalized spacial score (nSPS) is 12.7. The van der Waals surface area contributed by atoms with Crippen LogP contribution in [0.15, 0.2) is 78.9 Å². The summed E-state index contributed by atoms with van der Waals surface area (Å²) < 4.78 is 36.2. The van der Waals surface area contributed by atoms with Crippen LogP contribution in [0.25, 0.3) is 0 Å². The highest BCUT2D eigenvalue weighted by molar-refractivity contribution is 7.74. The molecule has 0 fully saturated rings. The molecule has 0 bridgehead atoms. The second kappa shape index (κ2) is 12.2. The van der Waals surface area contributed by atoms with Gasteiger partial charge in [-0.1, -0.05) is 60.2 Å². The summed E-state index contributed by atoms with van der Waals surface area (Å²) >= 11 is 0. The molecule has 0 amide bonds. The molecule has 2 unspecified atom stereocenters. The SMILES string of the molecule is COC(=O)C(CCC(CN(c1ccc(C)cc1)[SH](=O)=O)c1ccc(OC)cc1)c1ccccc1. The van der Waals surface area contributed by atoms with Gasteiger partial charge in [-0.3, -0.25) is 9.10 Å². The number of anilines is 1. The largest absolute Gasteiger partial charge is 0.497 e. The van der Waals surface area contributed by atoms with Crippen molar-refractivity contribution < 1.29 is 22.7 Å². The van der Waals surface area contributed by atoms with E-state index in [1.807, 2.05) is 85.8 Å². The standard InChI is InChI=1S/C27H31NO5S/c1-20-9-14-24(15-10-20)28(34(30)31)19-23(21-11-16-25(32-2)17-12-21)13-18-26(27(29)33-3)22-7-5-4-6-8-22/h4-12,14-17,23,26,34H,13,18-19H2,1-3H3. The average molecular weight is 482 g/mol. The molecule has 180 valence electrons. The summed E-state index contributed by atoms with van der Waals surface area (Å²) in [5.74, 6) is -0.147. The predicted molar refractivity (Wildman–Crippen MR) is 135 cm³/mol. The third-order valence-electron chi connectivity index (χ3n) is 6.00. The van der Waals surface area contributed by atoms with E-state index in [0.29, 0.717) is 18.5 Å². The number of aryl methyl sites for hydroxylation is 1. The predicted octanol–water partition coefficient (Wildman–Crippen LogP) is 4.86. The Labute approximate surface area is 203 Å². The van der Waals surface area contributed by atoms with Gasteiger partial charge in [0.1, 0.15) is 5.75 Å². The highest BCUT2D eigenvalue weighted by Crippen LogP contribution is 2.32. The van der Waals surface area contributed by atoms with Crippen molar-refractivity contribution >= 4 is 22.5 Å². The molecule has 0 aliphatic rings. The van der Waals surface area contributed by atoms with Gasteiger partial charge < -0.3 is 9.47 Å². The van der Waals surface area contributed by atoms with E-state index in [2.05, 4.69) is 0 Å². The third-order valence-corrected chi connectivity index (χ3v) is 6.79. The number of carbonyl (C=O) groups is 1. The van der Waals surface area contributed by atoms with Crippen molar-refractivity contribution in [2.24, 2.45) is 0 Å². The molecule has 0 aliphatic heterocycles. The Morgan fingerprint density at radius 3 is 2.06 bits per heavy atom. The zero-order chi connectivity index (χ0) is 24.5. The van der Waals surface area contributed by atoms with Gasteiger partial charge >= 0.3 is 5.97 Å². The Morgan fingerprint density at radius 2 is 1.50 bits per heavy atom. The maximum absolute atomic E-state index is 12.6. The molecule has 2 atom stereocenters. The second-order valence-electron chi connectivity index (χ2n) is 8.19. The first-order valence-corrected chi connectivity index (χ1v) is 12.3. The maximum Gasteiger partial charge on any atom is 0.313 e. The van der Waals surface area contributed by atoms with Gasteiger partial charge in [0.2, 0.25) is 10.9 Å². The zero-order valence-electron chi connectivity index (χ0n) is 19.7. The molecule has 3 aromatic carbocycles. The van der Waals surface area contributed by atoms with E-state index in [4.69, 9.17) is 9.47 Å². The Balaban J connectivity index is 1.90. The van der Waals surface area contributed by atoms with E-state index in [9.17, 15) is 13.2 Å². The minimum absolute atomic E-state index is 0.143. The summed E-state index contributed by atoms with van der Waals surface area (Å²) in [7, 11) is 0.145. The topological polar surface area (TPSA) is 72.9 Å². The number of carbonyl (C=O) groups excluding carboxylic acids is 1. The Morgan fingerprint density at radius 1 is 0.853 bits per heavy atom. The van der Waals surface area contributed by atoms with Crippen LogP contribution >= 0.6 is 0 Å². The molecule has 0 aliphatic carbocycles. The molecule has 0 saturated heterocycles. The summed E-state index contributed by atoms with van der Waals surface area (Å²) in [6, 6.07) is 24.6. The van der Waals surface area contributed by atoms with E-state index < -0.39 is 16.8 Å². The number of hydrogen-bond donors (Lipinski definition) is 1. The quantitative estimate of drug-likeness (QED) is 0.313. The number of ether oxygens (including phenoxy) is 2. The zero-order valence-corrected chi connectivity index (χ0v) is 20.6. The molecule has 6 nitrogen and oxygen atoms in total. The lowest BCUT2D eigenvalue weighted by atomic mass is 9.87. The molecule has 3 aromatic rings. The summed E-state index contributed by atoms with van der Waals surface area (Å²) in [6.45, 7) is 2.22. The van der Waals surface area contributed by atoms with E-state index in [0.717, 1.165) is 22.4 Å². The molecule has 0 saturated carbocycles. The van der Waals surface area contributed by atoms with Crippen LogP contribution < -0.4 is 9.04 Å². The van der Waals surface area contributed by atoms with Crippen molar-refractivity contribution in [2.45, 2.75) is 31.6 Å². The monoisotopic (exact) mass is 481 g/mol. The van der Waals surface area contributed by atoms with E-state index >= 15 is 0 Å². The lowest BCUT2D eigenvalue weighted by Crippen LogP contribution is -2.28. The number of esters is 1. The summed E-state index contributed by atoms with van der Waals surface area (Å²) in [5.41, 5.74) is 3.53. The number of rotatable bonds is 11. The molecule has 0 spiro atoms. The van der Waals surface area contributed by atoms with Crippen LogP contribution in [0.2, 0.25) is 0 Å². The Bertz CT molecular complexity index is 1120. The van der Waals surface area contributed by atoms with Crippen LogP contribution in [0.5, 0.6) is 5.75 Å². The van der Waals surface area contributed by atoms with Gasteiger partial charge in [-0.15, -0.1) is 0 Å². The molecule has 7 heteroatoms.